The van der Waals surface area contributed by atoms with Crippen LogP contribution in [0.25, 0.3) is 0 Å². The molecule has 31 heavy (non-hydrogen) atoms. The van der Waals surface area contributed by atoms with Gasteiger partial charge in [-0.3, -0.25) is 9.36 Å². The van der Waals surface area contributed by atoms with E-state index < -0.39 is 59.9 Å². The highest BCUT2D eigenvalue weighted by molar-refractivity contribution is 7.72. The molecule has 1 rings (SSSR count). The number of anilines is 1. The minimum Gasteiger partial charge on any atom is -0.465 e. The van der Waals surface area contributed by atoms with Gasteiger partial charge >= 0.3 is 19.7 Å². The van der Waals surface area contributed by atoms with Crippen molar-refractivity contribution in [2.75, 3.05) is 32.2 Å². The van der Waals surface area contributed by atoms with Crippen LogP contribution >= 0.6 is 7.60 Å². The van der Waals surface area contributed by atoms with Crippen molar-refractivity contribution in [2.45, 2.75) is 39.8 Å². The van der Waals surface area contributed by atoms with Gasteiger partial charge in [0.25, 0.3) is 11.9 Å². The summed E-state index contributed by atoms with van der Waals surface area (Å²) in [4.78, 5) is 28.1. The maximum Gasteiger partial charge on any atom is 0.434 e. The van der Waals surface area contributed by atoms with Gasteiger partial charge in [0.1, 0.15) is 11.3 Å². The molecule has 176 valence electrons. The highest BCUT2D eigenvalue weighted by Crippen LogP contribution is 2.54. The van der Waals surface area contributed by atoms with E-state index in [0.717, 1.165) is 7.11 Å². The van der Waals surface area contributed by atoms with Gasteiger partial charge in [-0.05, 0) is 20.3 Å². The molecular weight excluding hydrogens is 454 g/mol. The SMILES string of the molecule is CCCNc1c(C(=O)OC)c(C(F)F)nc(C(F)(F)F)c1C(=O)P(=O)(OCC)OCC. The predicted octanol–water partition coefficient (Wildman–Crippen LogP) is 5.05. The summed E-state index contributed by atoms with van der Waals surface area (Å²) < 4.78 is 95.3. The number of carbonyl (C=O) groups excluding carboxylic acids is 2. The van der Waals surface area contributed by atoms with Crippen LogP contribution in [0.2, 0.25) is 0 Å². The van der Waals surface area contributed by atoms with Crippen LogP contribution in [0.1, 0.15) is 65.7 Å². The Morgan fingerprint density at radius 3 is 2.03 bits per heavy atom. The first-order valence-electron chi connectivity index (χ1n) is 9.08. The topological polar surface area (TPSA) is 104 Å². The van der Waals surface area contributed by atoms with Crippen LogP contribution in [-0.2, 0) is 24.5 Å². The van der Waals surface area contributed by atoms with Crippen molar-refractivity contribution in [3.8, 4) is 0 Å². The maximum absolute atomic E-state index is 13.8. The zero-order valence-corrected chi connectivity index (χ0v) is 18.0. The summed E-state index contributed by atoms with van der Waals surface area (Å²) >= 11 is 0. The van der Waals surface area contributed by atoms with E-state index in [-0.39, 0.29) is 26.2 Å². The molecule has 0 spiro atoms. The van der Waals surface area contributed by atoms with E-state index in [4.69, 9.17) is 9.05 Å². The summed E-state index contributed by atoms with van der Waals surface area (Å²) in [6, 6.07) is 0. The van der Waals surface area contributed by atoms with Crippen molar-refractivity contribution in [2.24, 2.45) is 0 Å². The predicted molar refractivity (Wildman–Crippen MR) is 99.5 cm³/mol. The zero-order valence-electron chi connectivity index (χ0n) is 17.1. The number of ether oxygens (including phenoxy) is 1. The van der Waals surface area contributed by atoms with Gasteiger partial charge < -0.3 is 19.1 Å². The molecule has 0 unspecified atom stereocenters. The Hall–Kier alpha value is -2.11. The van der Waals surface area contributed by atoms with Gasteiger partial charge in [0, 0.05) is 6.54 Å². The minimum absolute atomic E-state index is 0.123. The lowest BCUT2D eigenvalue weighted by molar-refractivity contribution is -0.141. The van der Waals surface area contributed by atoms with Crippen molar-refractivity contribution in [3.63, 3.8) is 0 Å². The third-order valence-electron chi connectivity index (χ3n) is 3.70. The molecule has 0 aliphatic heterocycles. The van der Waals surface area contributed by atoms with Crippen molar-refractivity contribution in [1.29, 1.82) is 0 Å². The van der Waals surface area contributed by atoms with Crippen LogP contribution in [0, 0.1) is 0 Å². The molecule has 1 aromatic rings. The van der Waals surface area contributed by atoms with Gasteiger partial charge in [0.2, 0.25) is 0 Å². The molecule has 8 nitrogen and oxygen atoms in total. The molecule has 0 atom stereocenters. The zero-order chi connectivity index (χ0) is 24.0. The number of rotatable bonds is 11. The van der Waals surface area contributed by atoms with E-state index >= 15 is 0 Å². The lowest BCUT2D eigenvalue weighted by atomic mass is 10.0. The van der Waals surface area contributed by atoms with E-state index in [0.29, 0.717) is 0 Å². The summed E-state index contributed by atoms with van der Waals surface area (Å²) in [6.07, 6.45) is -8.77. The smallest absolute Gasteiger partial charge is 0.434 e. The number of hydrogen-bond donors (Lipinski definition) is 1. The average Bonchev–Trinajstić information content (AvgIpc) is 2.69. The first kappa shape index (κ1) is 26.9. The highest BCUT2D eigenvalue weighted by Gasteiger charge is 2.48. The molecule has 1 aromatic heterocycles. The number of carbonyl (C=O) groups is 2. The Morgan fingerprint density at radius 2 is 1.65 bits per heavy atom. The highest BCUT2D eigenvalue weighted by atomic mass is 31.2. The van der Waals surface area contributed by atoms with Gasteiger partial charge in [-0.1, -0.05) is 6.92 Å². The molecule has 1 heterocycles. The first-order valence-corrected chi connectivity index (χ1v) is 10.6. The van der Waals surface area contributed by atoms with Crippen molar-refractivity contribution in [3.05, 3.63) is 22.5 Å². The van der Waals surface area contributed by atoms with Crippen LogP contribution in [0.4, 0.5) is 27.6 Å². The standard InChI is InChI=1S/C17H22F5N2O6P/c1-5-8-23-11-9(15(25)28-4)12(14(18)19)24-13(17(20,21)22)10(11)16(26)31(27,29-6-2)30-7-3/h14H,5-8H2,1-4H3,(H,23,24). The fourth-order valence-electron chi connectivity index (χ4n) is 2.54. The second-order valence-electron chi connectivity index (χ2n) is 5.83. The van der Waals surface area contributed by atoms with Gasteiger partial charge in [0.05, 0.1) is 31.6 Å². The summed E-state index contributed by atoms with van der Waals surface area (Å²) in [7, 11) is -4.03. The Bertz CT molecular complexity index is 852. The maximum atomic E-state index is 13.8. The second-order valence-corrected chi connectivity index (χ2v) is 7.74. The van der Waals surface area contributed by atoms with E-state index in [1.807, 2.05) is 0 Å². The van der Waals surface area contributed by atoms with Crippen LogP contribution in [0.3, 0.4) is 0 Å². The normalized spacial score (nSPS) is 12.2. The van der Waals surface area contributed by atoms with Crippen molar-refractivity contribution >= 4 is 24.8 Å². The molecule has 0 bridgehead atoms. The molecule has 14 heteroatoms. The van der Waals surface area contributed by atoms with Crippen LogP contribution in [0.15, 0.2) is 0 Å². The molecular formula is C17H22F5N2O6P. The third-order valence-corrected chi connectivity index (χ3v) is 5.62. The molecule has 0 aromatic carbocycles. The number of methoxy groups -OCH3 is 1. The fraction of sp³-hybridized carbons (Fsp3) is 0.588. The monoisotopic (exact) mass is 476 g/mol. The lowest BCUT2D eigenvalue weighted by Crippen LogP contribution is -2.25. The molecule has 1 N–H and O–H groups in total. The molecule has 0 saturated carbocycles. The quantitative estimate of drug-likeness (QED) is 0.269. The van der Waals surface area contributed by atoms with Crippen LogP contribution < -0.4 is 5.32 Å². The van der Waals surface area contributed by atoms with Gasteiger partial charge in [-0.2, -0.15) is 13.2 Å². The Morgan fingerprint density at radius 1 is 1.10 bits per heavy atom. The summed E-state index contributed by atoms with van der Waals surface area (Å²) in [5.74, 6) is -1.47. The number of nitrogens with one attached hydrogen (secondary N) is 1. The van der Waals surface area contributed by atoms with Crippen molar-refractivity contribution in [1.82, 2.24) is 4.98 Å². The largest absolute Gasteiger partial charge is 0.465 e. The summed E-state index contributed by atoms with van der Waals surface area (Å²) in [6.45, 7) is 3.37. The molecule has 0 amide bonds. The molecule has 0 aliphatic rings. The molecule has 0 fully saturated rings. The first-order chi connectivity index (χ1) is 14.4. The number of alkyl halides is 5. The second kappa shape index (κ2) is 11.0. The Kier molecular flexibility index (Phi) is 9.52. The van der Waals surface area contributed by atoms with Crippen LogP contribution in [0.5, 0.6) is 0 Å². The molecule has 0 aliphatic carbocycles. The lowest BCUT2D eigenvalue weighted by Gasteiger charge is -2.23. The average molecular weight is 476 g/mol. The number of hydrogen-bond acceptors (Lipinski definition) is 8. The minimum atomic E-state index is -5.42. The van der Waals surface area contributed by atoms with Crippen LogP contribution in [-0.4, -0.2) is 43.3 Å². The van der Waals surface area contributed by atoms with Gasteiger partial charge in [-0.15, -0.1) is 0 Å². The van der Waals surface area contributed by atoms with Crippen molar-refractivity contribution < 1.29 is 49.9 Å². The van der Waals surface area contributed by atoms with E-state index in [1.54, 1.807) is 6.92 Å². The number of aromatic nitrogens is 1. The summed E-state index contributed by atoms with van der Waals surface area (Å²) in [5.41, 5.74) is -8.80. The van der Waals surface area contributed by atoms with Gasteiger partial charge in [0.15, 0.2) is 5.69 Å². The van der Waals surface area contributed by atoms with Gasteiger partial charge in [-0.25, -0.2) is 18.6 Å². The van der Waals surface area contributed by atoms with E-state index in [9.17, 15) is 36.1 Å². The van der Waals surface area contributed by atoms with E-state index in [1.165, 1.54) is 13.8 Å². The molecule has 0 saturated heterocycles. The number of halogens is 5. The fourth-order valence-corrected chi connectivity index (χ4v) is 4.02. The number of esters is 1. The number of pyridine rings is 1. The molecule has 0 radical (unpaired) electrons. The summed E-state index contributed by atoms with van der Waals surface area (Å²) in [5, 5.41) is 2.36. The Labute approximate surface area is 175 Å². The third kappa shape index (κ3) is 5.98. The van der Waals surface area contributed by atoms with E-state index in [2.05, 4.69) is 15.0 Å². The number of nitrogens with zero attached hydrogens (tertiary/aromatic N) is 1. The Balaban J connectivity index is 4.14.